The van der Waals surface area contributed by atoms with E-state index in [2.05, 4.69) is 13.2 Å². The van der Waals surface area contributed by atoms with E-state index in [1.165, 1.54) is 19.1 Å². The lowest BCUT2D eigenvalue weighted by atomic mass is 9.78. The summed E-state index contributed by atoms with van der Waals surface area (Å²) < 4.78 is 0. The smallest absolute Gasteiger partial charge is 0.126 e. The quantitative estimate of drug-likeness (QED) is 0.628. The van der Waals surface area contributed by atoms with Crippen molar-refractivity contribution in [2.24, 2.45) is 11.3 Å². The monoisotopic (exact) mass is 186 g/mol. The third-order valence-electron chi connectivity index (χ3n) is 3.27. The SMILES string of the molecule is CSCCC1(C=O)CCCC1C. The minimum absolute atomic E-state index is 0.0447. The molecular formula is C10H18OS. The first-order valence-corrected chi connectivity index (χ1v) is 6.10. The topological polar surface area (TPSA) is 17.1 Å². The van der Waals surface area contributed by atoms with Gasteiger partial charge in [0.2, 0.25) is 0 Å². The van der Waals surface area contributed by atoms with Crippen LogP contribution in [0.5, 0.6) is 0 Å². The first-order chi connectivity index (χ1) is 5.75. The molecule has 2 atom stereocenters. The molecule has 0 radical (unpaired) electrons. The van der Waals surface area contributed by atoms with Crippen LogP contribution in [0.15, 0.2) is 0 Å². The van der Waals surface area contributed by atoms with Gasteiger partial charge in [0.15, 0.2) is 0 Å². The van der Waals surface area contributed by atoms with E-state index in [0.29, 0.717) is 5.92 Å². The van der Waals surface area contributed by atoms with E-state index < -0.39 is 0 Å². The lowest BCUT2D eigenvalue weighted by molar-refractivity contribution is -0.117. The number of carbonyl (C=O) groups is 1. The molecule has 0 amide bonds. The Morgan fingerprint density at radius 2 is 2.42 bits per heavy atom. The van der Waals surface area contributed by atoms with Gasteiger partial charge in [-0.2, -0.15) is 11.8 Å². The van der Waals surface area contributed by atoms with E-state index in [1.54, 1.807) is 0 Å². The predicted molar refractivity (Wildman–Crippen MR) is 54.5 cm³/mol. The zero-order valence-corrected chi connectivity index (χ0v) is 8.82. The molecular weight excluding hydrogens is 168 g/mol. The Morgan fingerprint density at radius 3 is 2.83 bits per heavy atom. The second kappa shape index (κ2) is 4.31. The molecule has 1 rings (SSSR count). The summed E-state index contributed by atoms with van der Waals surface area (Å²) in [7, 11) is 0. The third kappa shape index (κ3) is 1.85. The van der Waals surface area contributed by atoms with Crippen LogP contribution in [-0.2, 0) is 4.79 Å². The van der Waals surface area contributed by atoms with Crippen molar-refractivity contribution in [1.29, 1.82) is 0 Å². The van der Waals surface area contributed by atoms with Crippen molar-refractivity contribution in [1.82, 2.24) is 0 Å². The average Bonchev–Trinajstić information content (AvgIpc) is 2.45. The molecule has 2 heteroatoms. The van der Waals surface area contributed by atoms with Gasteiger partial charge in [0, 0.05) is 5.41 Å². The van der Waals surface area contributed by atoms with Gasteiger partial charge >= 0.3 is 0 Å². The normalized spacial score (nSPS) is 35.3. The highest BCUT2D eigenvalue weighted by Crippen LogP contribution is 2.44. The molecule has 12 heavy (non-hydrogen) atoms. The van der Waals surface area contributed by atoms with E-state index in [9.17, 15) is 4.79 Å². The molecule has 1 nitrogen and oxygen atoms in total. The van der Waals surface area contributed by atoms with Gasteiger partial charge in [0.05, 0.1) is 0 Å². The molecule has 0 N–H and O–H groups in total. The van der Waals surface area contributed by atoms with Crippen LogP contribution in [0.3, 0.4) is 0 Å². The number of thioether (sulfide) groups is 1. The van der Waals surface area contributed by atoms with Gasteiger partial charge in [0.25, 0.3) is 0 Å². The highest BCUT2D eigenvalue weighted by molar-refractivity contribution is 7.98. The Bertz CT molecular complexity index is 158. The van der Waals surface area contributed by atoms with Crippen molar-refractivity contribution >= 4 is 18.0 Å². The number of aldehydes is 1. The Morgan fingerprint density at radius 1 is 1.67 bits per heavy atom. The first kappa shape index (κ1) is 10.1. The summed E-state index contributed by atoms with van der Waals surface area (Å²) in [5, 5.41) is 0. The zero-order valence-electron chi connectivity index (χ0n) is 8.01. The van der Waals surface area contributed by atoms with E-state index in [-0.39, 0.29) is 5.41 Å². The zero-order chi connectivity index (χ0) is 9.03. The van der Waals surface area contributed by atoms with E-state index >= 15 is 0 Å². The van der Waals surface area contributed by atoms with Gasteiger partial charge in [-0.25, -0.2) is 0 Å². The van der Waals surface area contributed by atoms with E-state index in [0.717, 1.165) is 18.6 Å². The maximum absolute atomic E-state index is 11.0. The molecule has 0 spiro atoms. The fourth-order valence-electron chi connectivity index (χ4n) is 2.17. The Labute approximate surface area is 79.3 Å². The van der Waals surface area contributed by atoms with Gasteiger partial charge in [-0.1, -0.05) is 13.3 Å². The molecule has 0 aromatic rings. The Balaban J connectivity index is 2.55. The van der Waals surface area contributed by atoms with Crippen LogP contribution in [0.25, 0.3) is 0 Å². The van der Waals surface area contributed by atoms with Crippen LogP contribution in [0.4, 0.5) is 0 Å². The lowest BCUT2D eigenvalue weighted by Crippen LogP contribution is -2.26. The highest BCUT2D eigenvalue weighted by Gasteiger charge is 2.39. The third-order valence-corrected chi connectivity index (χ3v) is 3.88. The minimum atomic E-state index is 0.0447. The van der Waals surface area contributed by atoms with Gasteiger partial charge in [0.1, 0.15) is 6.29 Å². The molecule has 1 aliphatic carbocycles. The van der Waals surface area contributed by atoms with Crippen molar-refractivity contribution in [3.05, 3.63) is 0 Å². The fourth-order valence-corrected chi connectivity index (χ4v) is 2.75. The van der Waals surface area contributed by atoms with Crippen molar-refractivity contribution in [3.8, 4) is 0 Å². The maximum Gasteiger partial charge on any atom is 0.126 e. The van der Waals surface area contributed by atoms with Crippen LogP contribution < -0.4 is 0 Å². The summed E-state index contributed by atoms with van der Waals surface area (Å²) in [5.41, 5.74) is 0.0447. The first-order valence-electron chi connectivity index (χ1n) is 4.70. The Hall–Kier alpha value is 0.0200. The van der Waals surface area contributed by atoms with Gasteiger partial charge in [-0.15, -0.1) is 0 Å². The van der Waals surface area contributed by atoms with E-state index in [1.807, 2.05) is 11.8 Å². The maximum atomic E-state index is 11.0. The second-order valence-electron chi connectivity index (χ2n) is 3.89. The van der Waals surface area contributed by atoms with Crippen molar-refractivity contribution in [3.63, 3.8) is 0 Å². The van der Waals surface area contributed by atoms with Crippen LogP contribution in [0, 0.1) is 11.3 Å². The minimum Gasteiger partial charge on any atom is -0.303 e. The number of hydrogen-bond acceptors (Lipinski definition) is 2. The van der Waals surface area contributed by atoms with Gasteiger partial charge in [-0.05, 0) is 37.2 Å². The van der Waals surface area contributed by atoms with Crippen LogP contribution in [0.2, 0.25) is 0 Å². The van der Waals surface area contributed by atoms with Crippen LogP contribution in [-0.4, -0.2) is 18.3 Å². The van der Waals surface area contributed by atoms with Gasteiger partial charge in [-0.3, -0.25) is 0 Å². The molecule has 0 aliphatic heterocycles. The molecule has 70 valence electrons. The highest BCUT2D eigenvalue weighted by atomic mass is 32.2. The van der Waals surface area contributed by atoms with Crippen LogP contribution in [0.1, 0.15) is 32.6 Å². The predicted octanol–water partition coefficient (Wildman–Crippen LogP) is 2.74. The van der Waals surface area contributed by atoms with Crippen molar-refractivity contribution in [2.75, 3.05) is 12.0 Å². The molecule has 1 saturated carbocycles. The second-order valence-corrected chi connectivity index (χ2v) is 4.87. The molecule has 0 saturated heterocycles. The van der Waals surface area contributed by atoms with Gasteiger partial charge < -0.3 is 4.79 Å². The molecule has 0 bridgehead atoms. The summed E-state index contributed by atoms with van der Waals surface area (Å²) in [5.74, 6) is 1.74. The molecule has 2 unspecified atom stereocenters. The summed E-state index contributed by atoms with van der Waals surface area (Å²) >= 11 is 1.85. The van der Waals surface area contributed by atoms with Crippen LogP contribution >= 0.6 is 11.8 Å². The fraction of sp³-hybridized carbons (Fsp3) is 0.900. The molecule has 0 heterocycles. The lowest BCUT2D eigenvalue weighted by Gasteiger charge is -2.26. The Kier molecular flexibility index (Phi) is 3.63. The summed E-state index contributed by atoms with van der Waals surface area (Å²) in [6.07, 6.45) is 8.03. The summed E-state index contributed by atoms with van der Waals surface area (Å²) in [6, 6.07) is 0. The average molecular weight is 186 g/mol. The van der Waals surface area contributed by atoms with E-state index in [4.69, 9.17) is 0 Å². The molecule has 0 aromatic heterocycles. The molecule has 0 aromatic carbocycles. The number of rotatable bonds is 4. The summed E-state index contributed by atoms with van der Waals surface area (Å²) in [4.78, 5) is 11.0. The van der Waals surface area contributed by atoms with Crippen molar-refractivity contribution in [2.45, 2.75) is 32.6 Å². The number of hydrogen-bond donors (Lipinski definition) is 0. The molecule has 1 aliphatic rings. The largest absolute Gasteiger partial charge is 0.303 e. The standard InChI is InChI=1S/C10H18OS/c1-9-4-3-5-10(9,8-11)6-7-12-2/h8-9H,3-7H2,1-2H3. The van der Waals surface area contributed by atoms with Crippen molar-refractivity contribution < 1.29 is 4.79 Å². The molecule has 1 fully saturated rings. The summed E-state index contributed by atoms with van der Waals surface area (Å²) in [6.45, 7) is 2.22. The number of carbonyl (C=O) groups excluding carboxylic acids is 1.